The van der Waals surface area contributed by atoms with Crippen molar-refractivity contribution in [3.05, 3.63) is 53.7 Å². The second-order valence-corrected chi connectivity index (χ2v) is 7.24. The number of hydrogen-bond donors (Lipinski definition) is 2. The number of nitrogens with two attached hydrogens (primary N) is 1. The molecule has 4 rings (SSSR count). The number of nitrogens with zero attached hydrogens (tertiary/aromatic N) is 1. The van der Waals surface area contributed by atoms with E-state index in [0.29, 0.717) is 30.3 Å². The minimum absolute atomic E-state index is 0.325. The molecule has 1 aliphatic rings. The van der Waals surface area contributed by atoms with Gasteiger partial charge in [0.1, 0.15) is 12.2 Å². The summed E-state index contributed by atoms with van der Waals surface area (Å²) in [5.41, 5.74) is 5.59. The predicted molar refractivity (Wildman–Crippen MR) is 108 cm³/mol. The molecular weight excluding hydrogens is 398 g/mol. The fourth-order valence-corrected chi connectivity index (χ4v) is 4.26. The molecular formula is C19H17N3O4S2. The number of H-pyrrole nitrogens is 1. The summed E-state index contributed by atoms with van der Waals surface area (Å²) in [6, 6.07) is 13.8. The van der Waals surface area contributed by atoms with Crippen molar-refractivity contribution in [2.45, 2.75) is 17.6 Å². The van der Waals surface area contributed by atoms with Gasteiger partial charge in [-0.25, -0.2) is 4.79 Å². The lowest BCUT2D eigenvalue weighted by atomic mass is 9.98. The van der Waals surface area contributed by atoms with Crippen LogP contribution in [0.3, 0.4) is 0 Å². The molecule has 1 aliphatic heterocycles. The van der Waals surface area contributed by atoms with Crippen LogP contribution in [-0.2, 0) is 14.8 Å². The molecule has 0 amide bonds. The highest BCUT2D eigenvalue weighted by molar-refractivity contribution is 7.98. The van der Waals surface area contributed by atoms with Crippen molar-refractivity contribution in [2.75, 3.05) is 6.61 Å². The zero-order chi connectivity index (χ0) is 19.5. The van der Waals surface area contributed by atoms with E-state index in [9.17, 15) is 4.79 Å². The molecule has 0 bridgehead atoms. The lowest BCUT2D eigenvalue weighted by Crippen LogP contribution is -2.07. The number of aromatic nitrogens is 2. The first-order chi connectivity index (χ1) is 13.7. The average Bonchev–Trinajstić information content (AvgIpc) is 3.17. The van der Waals surface area contributed by atoms with Gasteiger partial charge in [-0.3, -0.25) is 10.2 Å². The van der Waals surface area contributed by atoms with Crippen LogP contribution < -0.4 is 10.0 Å². The Kier molecular flexibility index (Phi) is 5.58. The van der Waals surface area contributed by atoms with Gasteiger partial charge in [0.05, 0.1) is 17.2 Å². The zero-order valence-electron chi connectivity index (χ0n) is 14.9. The molecule has 0 radical (unpaired) electrons. The minimum Gasteiger partial charge on any atom is -0.461 e. The van der Waals surface area contributed by atoms with Crippen molar-refractivity contribution in [3.63, 3.8) is 0 Å². The van der Waals surface area contributed by atoms with Crippen molar-refractivity contribution in [3.8, 4) is 28.1 Å². The molecule has 2 aromatic carbocycles. The van der Waals surface area contributed by atoms with Gasteiger partial charge in [0.15, 0.2) is 11.4 Å². The Morgan fingerprint density at radius 1 is 1.25 bits per heavy atom. The Morgan fingerprint density at radius 3 is 2.79 bits per heavy atom. The fourth-order valence-electron chi connectivity index (χ4n) is 3.04. The van der Waals surface area contributed by atoms with E-state index < -0.39 is 5.97 Å². The molecule has 0 spiro atoms. The van der Waals surface area contributed by atoms with Gasteiger partial charge in [0.2, 0.25) is 0 Å². The number of esters is 1. The minimum atomic E-state index is -0.396. The lowest BCUT2D eigenvalue weighted by Gasteiger charge is -2.17. The number of carbonyl (C=O) groups excluding carboxylic acids is 1. The Bertz CT molecular complexity index is 1000. The van der Waals surface area contributed by atoms with Gasteiger partial charge in [0.25, 0.3) is 0 Å². The third kappa shape index (κ3) is 3.61. The summed E-state index contributed by atoms with van der Waals surface area (Å²) in [4.78, 5) is 17.9. The van der Waals surface area contributed by atoms with E-state index >= 15 is 0 Å². The first kappa shape index (κ1) is 18.9. The topological polar surface area (TPSA) is 99.5 Å². The summed E-state index contributed by atoms with van der Waals surface area (Å²) >= 11 is 2.24. The molecule has 9 heteroatoms. The van der Waals surface area contributed by atoms with Crippen LogP contribution in [0.2, 0.25) is 0 Å². The third-order valence-electron chi connectivity index (χ3n) is 4.29. The van der Waals surface area contributed by atoms with E-state index in [1.807, 2.05) is 30.3 Å². The largest absolute Gasteiger partial charge is 0.461 e. The molecule has 0 aliphatic carbocycles. The van der Waals surface area contributed by atoms with Crippen LogP contribution in [0.15, 0.2) is 47.4 Å². The normalized spacial score (nSPS) is 12.2. The van der Waals surface area contributed by atoms with Gasteiger partial charge < -0.3 is 9.62 Å². The molecule has 0 atom stereocenters. The Labute approximate surface area is 170 Å². The monoisotopic (exact) mass is 415 g/mol. The van der Waals surface area contributed by atoms with E-state index in [2.05, 4.69) is 26.7 Å². The molecule has 0 saturated carbocycles. The van der Waals surface area contributed by atoms with Gasteiger partial charge >= 0.3 is 5.97 Å². The lowest BCUT2D eigenvalue weighted by molar-refractivity contribution is -0.0777. The maximum atomic E-state index is 12.1. The van der Waals surface area contributed by atoms with Crippen molar-refractivity contribution >= 4 is 30.0 Å². The molecule has 0 saturated heterocycles. The first-order valence-electron chi connectivity index (χ1n) is 8.53. The SMILES string of the molecule is CCOC(=O)c1n[nH]c2c1SCc1cc(-c3ccc(OOSN)cc3)ccc1-2. The van der Waals surface area contributed by atoms with E-state index in [1.165, 1.54) is 5.56 Å². The zero-order valence-corrected chi connectivity index (χ0v) is 16.6. The van der Waals surface area contributed by atoms with Crippen LogP contribution >= 0.6 is 24.0 Å². The average molecular weight is 415 g/mol. The van der Waals surface area contributed by atoms with Crippen LogP contribution in [0.5, 0.6) is 5.75 Å². The molecule has 3 N–H and O–H groups in total. The van der Waals surface area contributed by atoms with Gasteiger partial charge in [-0.15, -0.1) is 11.8 Å². The molecule has 28 heavy (non-hydrogen) atoms. The summed E-state index contributed by atoms with van der Waals surface area (Å²) in [6.07, 6.45) is 0. The van der Waals surface area contributed by atoms with Crippen molar-refractivity contribution < 1.29 is 18.8 Å². The first-order valence-corrected chi connectivity index (χ1v) is 10.3. The molecule has 7 nitrogen and oxygen atoms in total. The summed E-state index contributed by atoms with van der Waals surface area (Å²) in [5.74, 6) is 0.931. The molecule has 2 heterocycles. The predicted octanol–water partition coefficient (Wildman–Crippen LogP) is 4.36. The van der Waals surface area contributed by atoms with E-state index in [0.717, 1.165) is 33.0 Å². The number of hydrogen-bond acceptors (Lipinski definition) is 8. The molecule has 3 aromatic rings. The molecule has 0 unspecified atom stereocenters. The van der Waals surface area contributed by atoms with E-state index in [1.54, 1.807) is 18.7 Å². The smallest absolute Gasteiger partial charge is 0.360 e. The van der Waals surface area contributed by atoms with E-state index in [4.69, 9.17) is 14.8 Å². The number of nitrogens with one attached hydrogen (secondary N) is 1. The number of benzene rings is 2. The fraction of sp³-hybridized carbons (Fsp3) is 0.158. The van der Waals surface area contributed by atoms with Crippen molar-refractivity contribution in [1.82, 2.24) is 10.2 Å². The van der Waals surface area contributed by atoms with Gasteiger partial charge in [-0.05, 0) is 41.8 Å². The maximum absolute atomic E-state index is 12.1. The second kappa shape index (κ2) is 8.27. The number of carbonyl (C=O) groups is 1. The highest BCUT2D eigenvalue weighted by atomic mass is 32.2. The Balaban J connectivity index is 1.61. The maximum Gasteiger partial charge on any atom is 0.360 e. The van der Waals surface area contributed by atoms with Crippen LogP contribution in [-0.4, -0.2) is 22.8 Å². The molecule has 144 valence electrons. The highest BCUT2D eigenvalue weighted by Crippen LogP contribution is 2.43. The van der Waals surface area contributed by atoms with Gasteiger partial charge in [-0.1, -0.05) is 28.6 Å². The van der Waals surface area contributed by atoms with Crippen LogP contribution in [0, 0.1) is 0 Å². The second-order valence-electron chi connectivity index (χ2n) is 5.93. The van der Waals surface area contributed by atoms with Crippen LogP contribution in [0.25, 0.3) is 22.4 Å². The van der Waals surface area contributed by atoms with Crippen LogP contribution in [0.1, 0.15) is 23.0 Å². The van der Waals surface area contributed by atoms with Gasteiger partial charge in [0, 0.05) is 11.3 Å². The summed E-state index contributed by atoms with van der Waals surface area (Å²) in [5, 5.41) is 12.3. The molecule has 1 aromatic heterocycles. The summed E-state index contributed by atoms with van der Waals surface area (Å²) < 4.78 is 9.75. The highest BCUT2D eigenvalue weighted by Gasteiger charge is 2.26. The Hall–Kier alpha value is -2.46. The van der Waals surface area contributed by atoms with Crippen molar-refractivity contribution in [1.29, 1.82) is 0 Å². The number of fused-ring (bicyclic) bond motifs is 3. The standard InChI is InChI=1S/C19H17N3O4S2/c1-2-24-19(23)17-18-16(21-22-17)15-8-5-12(9-13(15)10-27-18)11-3-6-14(7-4-11)25-26-28-20/h3-9H,2,10,20H2,1H3,(H,21,22). The van der Waals surface area contributed by atoms with Gasteiger partial charge in [-0.2, -0.15) is 5.10 Å². The molecule has 0 fully saturated rings. The quantitative estimate of drug-likeness (QED) is 0.201. The third-order valence-corrected chi connectivity index (χ3v) is 5.58. The number of rotatable bonds is 6. The van der Waals surface area contributed by atoms with E-state index in [-0.39, 0.29) is 0 Å². The summed E-state index contributed by atoms with van der Waals surface area (Å²) in [7, 11) is 0. The summed E-state index contributed by atoms with van der Waals surface area (Å²) in [6.45, 7) is 2.11. The van der Waals surface area contributed by atoms with Crippen molar-refractivity contribution in [2.24, 2.45) is 5.14 Å². The van der Waals surface area contributed by atoms with Crippen LogP contribution in [0.4, 0.5) is 0 Å². The number of thioether (sulfide) groups is 1. The number of aromatic amines is 1. The number of ether oxygens (including phenoxy) is 1. The Morgan fingerprint density at radius 2 is 2.04 bits per heavy atom.